The van der Waals surface area contributed by atoms with Gasteiger partial charge in [-0.2, -0.15) is 0 Å². The minimum absolute atomic E-state index is 0.0227. The lowest BCUT2D eigenvalue weighted by molar-refractivity contribution is 0.0516. The summed E-state index contributed by atoms with van der Waals surface area (Å²) in [4.78, 5) is 27.9. The number of carbonyl (C=O) groups is 2. The Bertz CT molecular complexity index is 3900. The van der Waals surface area contributed by atoms with Gasteiger partial charge < -0.3 is 50.3 Å². The average Bonchev–Trinajstić information content (AvgIpc) is 0.780. The number of esters is 2. The average molecular weight is 1330 g/mol. The van der Waals surface area contributed by atoms with Crippen molar-refractivity contribution >= 4 is 11.9 Å². The number of fused-ring (bicyclic) bond motifs is 16. The lowest BCUT2D eigenvalue weighted by atomic mass is 9.80. The second-order valence-electron chi connectivity index (χ2n) is 33.5. The number of phenols is 8. The summed E-state index contributed by atoms with van der Waals surface area (Å²) in [5.41, 5.74) is 10.3. The van der Waals surface area contributed by atoms with E-state index in [1.54, 1.807) is 38.1 Å². The molecule has 1 aliphatic rings. The van der Waals surface area contributed by atoms with Crippen molar-refractivity contribution in [2.75, 3.05) is 13.2 Å². The summed E-state index contributed by atoms with van der Waals surface area (Å²) >= 11 is 0. The molecule has 0 amide bonds. The van der Waals surface area contributed by atoms with Gasteiger partial charge in [0.2, 0.25) is 0 Å². The van der Waals surface area contributed by atoms with Crippen molar-refractivity contribution in [2.24, 2.45) is 0 Å². The molecule has 16 bridgehead atoms. The summed E-state index contributed by atoms with van der Waals surface area (Å²) < 4.78 is 11.2. The SMILES string of the molecule is CCOC(=O)c1cc2c(O)c(c1)Cc1cc(C(C)(C)C)cc(c1O)Cc1cc(C(C)(C)C)cc(c1O)Cc1cc(C(C)(C)C)cc(c1O)Cc1cc(C(=O)OCC)cc(c1O)Cc1cc(C(C)(C)C)cc(c1O)Cc1cc(C(C)(C)C)cc(c1O)Cc1cc(C(C)(C)C)cc(c1O)C2. The zero-order chi connectivity index (χ0) is 72.4. The molecule has 0 saturated heterocycles. The first-order valence-corrected chi connectivity index (χ1v) is 34.5. The number of ether oxygens (including phenoxy) is 2. The fourth-order valence-corrected chi connectivity index (χ4v) is 13.1. The second-order valence-corrected chi connectivity index (χ2v) is 33.5. The Morgan fingerprint density at radius 1 is 0.245 bits per heavy atom. The van der Waals surface area contributed by atoms with E-state index in [9.17, 15) is 50.4 Å². The predicted molar refractivity (Wildman–Crippen MR) is 391 cm³/mol. The van der Waals surface area contributed by atoms with E-state index in [2.05, 4.69) is 125 Å². The maximum atomic E-state index is 14.0. The normalized spacial score (nSPS) is 13.7. The van der Waals surface area contributed by atoms with Gasteiger partial charge >= 0.3 is 11.9 Å². The lowest BCUT2D eigenvalue weighted by Gasteiger charge is -2.26. The van der Waals surface area contributed by atoms with E-state index in [-0.39, 0.29) is 122 Å². The van der Waals surface area contributed by atoms with Crippen molar-refractivity contribution in [3.05, 3.63) is 231 Å². The van der Waals surface area contributed by atoms with Crippen LogP contribution in [0.5, 0.6) is 46.0 Å². The Kier molecular flexibility index (Phi) is 20.3. The molecular formula is C86H104O12. The highest BCUT2D eigenvalue weighted by atomic mass is 16.5. The van der Waals surface area contributed by atoms with Crippen LogP contribution in [0.15, 0.2) is 97.1 Å². The molecule has 0 radical (unpaired) electrons. The van der Waals surface area contributed by atoms with Crippen LogP contribution in [-0.2, 0) is 93.3 Å². The molecule has 0 atom stereocenters. The standard InChI is InChI=1S/C86H104O12/c1-21-97-79(95)63-31-47-23-51-35-65(81(3,4)5)39-55(73(51)89)27-59-43-69(85(15,16)17)45-61(77(59)93)29-57-41-67(83(9,10)11)37-53(75(57)91)25-49-33-64(80(96)98-22-2)34-50(72(49)88)26-54-38-68(84(12,13)14)42-58(76(54)92)30-62-46-70(86(18,19)20)44-60(78(62)94)28-56-40-66(82(6,7)8)36-52(74(56)90)24-48(32-63)71(47)87/h31-46,87-94H,21-30H2,1-20H3. The molecule has 12 heteroatoms. The molecule has 8 aromatic carbocycles. The highest BCUT2D eigenvalue weighted by molar-refractivity contribution is 5.91. The number of aromatic hydroxyl groups is 8. The molecule has 520 valence electrons. The predicted octanol–water partition coefficient (Wildman–Crippen LogP) is 18.5. The zero-order valence-electron chi connectivity index (χ0n) is 61.5. The van der Waals surface area contributed by atoms with Crippen LogP contribution in [0.25, 0.3) is 0 Å². The Morgan fingerprint density at radius 2 is 0.357 bits per heavy atom. The third kappa shape index (κ3) is 16.0. The molecule has 0 aliphatic heterocycles. The van der Waals surface area contributed by atoms with Crippen molar-refractivity contribution in [1.29, 1.82) is 0 Å². The largest absolute Gasteiger partial charge is 0.507 e. The maximum Gasteiger partial charge on any atom is 0.338 e. The van der Waals surface area contributed by atoms with E-state index in [0.717, 1.165) is 33.4 Å². The molecule has 8 N–H and O–H groups in total. The molecule has 0 spiro atoms. The number of rotatable bonds is 4. The van der Waals surface area contributed by atoms with Crippen LogP contribution < -0.4 is 0 Å². The summed E-state index contributed by atoms with van der Waals surface area (Å²) in [5, 5.41) is 102. The number of phenolic OH excluding ortho intramolecular Hbond substituents is 8. The monoisotopic (exact) mass is 1330 g/mol. The molecule has 1 aliphatic carbocycles. The van der Waals surface area contributed by atoms with Gasteiger partial charge in [0.05, 0.1) is 24.3 Å². The topological polar surface area (TPSA) is 214 Å². The van der Waals surface area contributed by atoms with Gasteiger partial charge in [0.1, 0.15) is 46.0 Å². The van der Waals surface area contributed by atoms with Crippen LogP contribution in [0.3, 0.4) is 0 Å². The van der Waals surface area contributed by atoms with Crippen molar-refractivity contribution in [2.45, 2.75) is 222 Å². The summed E-state index contributed by atoms with van der Waals surface area (Å²) in [6.45, 7) is 41.0. The number of hydrogen-bond donors (Lipinski definition) is 8. The van der Waals surface area contributed by atoms with Crippen LogP contribution in [0.1, 0.15) is 282 Å². The van der Waals surface area contributed by atoms with Gasteiger partial charge in [0, 0.05) is 51.4 Å². The summed E-state index contributed by atoms with van der Waals surface area (Å²) in [7, 11) is 0. The van der Waals surface area contributed by atoms with E-state index in [1.807, 2.05) is 72.8 Å². The zero-order valence-corrected chi connectivity index (χ0v) is 61.5. The molecule has 98 heavy (non-hydrogen) atoms. The smallest absolute Gasteiger partial charge is 0.338 e. The molecule has 0 aromatic heterocycles. The van der Waals surface area contributed by atoms with Crippen LogP contribution in [0.2, 0.25) is 0 Å². The van der Waals surface area contributed by atoms with Gasteiger partial charge in [-0.25, -0.2) is 9.59 Å². The first-order chi connectivity index (χ1) is 45.3. The summed E-state index contributed by atoms with van der Waals surface area (Å²) in [6, 6.07) is 29.6. The summed E-state index contributed by atoms with van der Waals surface area (Å²) in [6.07, 6.45) is 0.186. The van der Waals surface area contributed by atoms with Gasteiger partial charge in [-0.05, 0) is 193 Å². The Morgan fingerprint density at radius 3 is 0.459 bits per heavy atom. The summed E-state index contributed by atoms with van der Waals surface area (Å²) in [5.74, 6) is -1.79. The molecule has 9 rings (SSSR count). The highest BCUT2D eigenvalue weighted by Crippen LogP contribution is 2.46. The quantitative estimate of drug-likeness (QED) is 0.0773. The molecule has 0 fully saturated rings. The maximum absolute atomic E-state index is 14.0. The first kappa shape index (κ1) is 73.3. The van der Waals surface area contributed by atoms with Gasteiger partial charge in [-0.15, -0.1) is 0 Å². The highest BCUT2D eigenvalue weighted by Gasteiger charge is 2.31. The van der Waals surface area contributed by atoms with E-state index < -0.39 is 44.4 Å². The Hall–Kier alpha value is -8.90. The molecule has 8 aromatic rings. The molecule has 0 unspecified atom stereocenters. The minimum Gasteiger partial charge on any atom is -0.507 e. The number of benzene rings is 8. The number of carbonyl (C=O) groups excluding carboxylic acids is 2. The van der Waals surface area contributed by atoms with Crippen molar-refractivity contribution in [3.8, 4) is 46.0 Å². The van der Waals surface area contributed by atoms with E-state index in [4.69, 9.17) is 9.47 Å². The van der Waals surface area contributed by atoms with Crippen LogP contribution >= 0.6 is 0 Å². The molecular weight excluding hydrogens is 1220 g/mol. The molecule has 0 saturated carbocycles. The van der Waals surface area contributed by atoms with Crippen molar-refractivity contribution in [1.82, 2.24) is 0 Å². The minimum atomic E-state index is -0.613. The fourth-order valence-electron chi connectivity index (χ4n) is 13.1. The van der Waals surface area contributed by atoms with Gasteiger partial charge in [-0.3, -0.25) is 0 Å². The lowest BCUT2D eigenvalue weighted by Crippen LogP contribution is -2.15. The van der Waals surface area contributed by atoms with E-state index >= 15 is 0 Å². The van der Waals surface area contributed by atoms with Gasteiger partial charge in [0.25, 0.3) is 0 Å². The van der Waals surface area contributed by atoms with Crippen molar-refractivity contribution < 1.29 is 59.9 Å². The van der Waals surface area contributed by atoms with E-state index in [1.165, 1.54) is 0 Å². The van der Waals surface area contributed by atoms with Crippen molar-refractivity contribution in [3.63, 3.8) is 0 Å². The second kappa shape index (κ2) is 27.1. The molecule has 0 heterocycles. The van der Waals surface area contributed by atoms with E-state index in [0.29, 0.717) is 89.0 Å². The number of hydrogen-bond acceptors (Lipinski definition) is 12. The van der Waals surface area contributed by atoms with Gasteiger partial charge in [0.15, 0.2) is 0 Å². The Balaban J connectivity index is 1.35. The Labute approximate surface area is 581 Å². The fraction of sp³-hybridized carbons (Fsp3) is 0.419. The van der Waals surface area contributed by atoms with Gasteiger partial charge in [-0.1, -0.05) is 197 Å². The third-order valence-corrected chi connectivity index (χ3v) is 19.4. The molecule has 12 nitrogen and oxygen atoms in total. The van der Waals surface area contributed by atoms with Crippen LogP contribution in [0.4, 0.5) is 0 Å². The third-order valence-electron chi connectivity index (χ3n) is 19.4. The van der Waals surface area contributed by atoms with Crippen LogP contribution in [-0.4, -0.2) is 66.0 Å². The van der Waals surface area contributed by atoms with Crippen LogP contribution in [0, 0.1) is 0 Å². The first-order valence-electron chi connectivity index (χ1n) is 34.5.